The van der Waals surface area contributed by atoms with Gasteiger partial charge >= 0.3 is 17.6 Å². The van der Waals surface area contributed by atoms with Crippen molar-refractivity contribution in [2.45, 2.75) is 93.4 Å². The third-order valence-electron chi connectivity index (χ3n) is 13.9. The molecule has 0 unspecified atom stereocenters. The van der Waals surface area contributed by atoms with E-state index in [1.165, 1.54) is 38.2 Å². The lowest BCUT2D eigenvalue weighted by molar-refractivity contribution is -0.114. The van der Waals surface area contributed by atoms with E-state index in [4.69, 9.17) is 147 Å². The van der Waals surface area contributed by atoms with Crippen LogP contribution in [0.4, 0.5) is 27.7 Å². The summed E-state index contributed by atoms with van der Waals surface area (Å²) in [6.45, 7) is 24.5. The number of benzene rings is 4. The van der Waals surface area contributed by atoms with Crippen LogP contribution in [0.5, 0.6) is 46.5 Å². The predicted octanol–water partition coefficient (Wildman–Crippen LogP) is 14.7. The second kappa shape index (κ2) is 36.4. The Balaban J connectivity index is 0.000000185. The molecule has 0 spiro atoms. The number of aromatic amines is 1. The van der Waals surface area contributed by atoms with Gasteiger partial charge in [-0.1, -0.05) is 174 Å². The number of nitrogen functional groups attached to an aromatic ring is 2. The number of aromatic nitrogens is 20. The number of hydrogen-bond acceptors (Lipinski definition) is 29. The number of rotatable bonds is 17. The minimum absolute atomic E-state index is 0. The van der Waals surface area contributed by atoms with Crippen LogP contribution >= 0.6 is 104 Å². The molecule has 0 fully saturated rings. The molecule has 12 rings (SSSR count). The molecule has 0 saturated carbocycles. The molecule has 0 aliphatic heterocycles. The fraction of sp³-hybridized carbons (Fsp3) is 0.238. The zero-order valence-electron chi connectivity index (χ0n) is 56.5. The maximum absolute atomic E-state index is 12.1. The van der Waals surface area contributed by atoms with Gasteiger partial charge in [0.1, 0.15) is 6.07 Å². The first-order chi connectivity index (χ1) is 50.8. The molecule has 7 N–H and O–H groups in total. The van der Waals surface area contributed by atoms with Crippen LogP contribution in [0.1, 0.15) is 116 Å². The molecule has 12 aromatic rings. The number of carbonyl (C=O) groups is 2. The molecular formula is C63H56Cl9N27O9. The molecular weight excluding hydrogens is 1600 g/mol. The summed E-state index contributed by atoms with van der Waals surface area (Å²) < 4.78 is 32.1. The largest absolute Gasteiger partial charge is 0.450 e. The first kappa shape index (κ1) is 82.5. The van der Waals surface area contributed by atoms with Crippen LogP contribution in [0.3, 0.4) is 0 Å². The summed E-state index contributed by atoms with van der Waals surface area (Å²) in [6, 6.07) is 20.1. The number of ether oxygens (including phenoxy) is 5. The third kappa shape index (κ3) is 20.1. The summed E-state index contributed by atoms with van der Waals surface area (Å²) in [5.41, 5.74) is 17.6. The highest BCUT2D eigenvalue weighted by Gasteiger charge is 2.24. The minimum atomic E-state index is -1.05. The van der Waals surface area contributed by atoms with Gasteiger partial charge in [0.15, 0.2) is 28.2 Å². The van der Waals surface area contributed by atoms with Crippen LogP contribution in [-0.4, -0.2) is 125 Å². The van der Waals surface area contributed by atoms with Gasteiger partial charge in [-0.05, 0) is 121 Å². The number of nitrogens with one attached hydrogen (secondary N) is 3. The number of anilines is 3. The van der Waals surface area contributed by atoms with E-state index in [9.17, 15) is 19.2 Å². The fourth-order valence-corrected chi connectivity index (χ4v) is 11.5. The Bertz CT molecular complexity index is 5530. The van der Waals surface area contributed by atoms with Crippen molar-refractivity contribution < 1.29 is 33.3 Å². The lowest BCUT2D eigenvalue weighted by Gasteiger charge is -2.12. The van der Waals surface area contributed by atoms with Crippen LogP contribution in [0.2, 0.25) is 45.3 Å². The molecule has 108 heavy (non-hydrogen) atoms. The Kier molecular flexibility index (Phi) is 27.8. The average Bonchev–Trinajstić information content (AvgIpc) is 1.55. The number of nitriles is 1. The highest BCUT2D eigenvalue weighted by atomic mass is 35.5. The number of amides is 2. The van der Waals surface area contributed by atoms with Crippen molar-refractivity contribution in [1.29, 1.82) is 5.26 Å². The SMILES string of the molecule is C.CC(C)c1cc(Oc2c(Cl)cc(N)cc2Cl)nn2nnnc12.CC(C)c1cc(Oc2c(Cl)cc(N)cc2Cl)nnc1Cl.CCOC(=O)NC(=O)/C(C#N)=N/Nc1cc(Cl)c(Oc2cc(C(C)C)c3nnnn3n2)c(Cl)c1.[C-]#[N+]c1nn(-c2cc(Cl)c(Oc3cc(C(C)C)c4nnnn4n3)c(Cl)c2)c(=O)[nH]c1=O. The van der Waals surface area contributed by atoms with Gasteiger partial charge in [0.2, 0.25) is 46.2 Å². The van der Waals surface area contributed by atoms with E-state index in [1.807, 2.05) is 65.7 Å². The number of imide groups is 1. The van der Waals surface area contributed by atoms with Gasteiger partial charge in [-0.3, -0.25) is 25.3 Å². The second-order valence-corrected chi connectivity index (χ2v) is 26.5. The van der Waals surface area contributed by atoms with Crippen LogP contribution in [0.15, 0.2) is 87.5 Å². The summed E-state index contributed by atoms with van der Waals surface area (Å²) in [6.07, 6.45) is -1.00. The average molecular weight is 1650 g/mol. The number of nitrogens with two attached hydrogens (primary N) is 2. The molecule has 2 amide bonds. The number of tetrazole rings is 3. The van der Waals surface area contributed by atoms with Gasteiger partial charge in [-0.2, -0.15) is 10.4 Å². The van der Waals surface area contributed by atoms with Crippen molar-refractivity contribution in [3.8, 4) is 58.3 Å². The topological polar surface area (TPSA) is 458 Å². The molecule has 0 aliphatic carbocycles. The number of halogens is 9. The summed E-state index contributed by atoms with van der Waals surface area (Å²) >= 11 is 55.6. The van der Waals surface area contributed by atoms with E-state index in [1.54, 1.807) is 61.5 Å². The highest BCUT2D eigenvalue weighted by Crippen LogP contribution is 2.43. The Labute approximate surface area is 655 Å². The van der Waals surface area contributed by atoms with Crippen molar-refractivity contribution in [3.63, 3.8) is 0 Å². The molecule has 0 bridgehead atoms. The smallest absolute Gasteiger partial charge is 0.414 e. The predicted molar refractivity (Wildman–Crippen MR) is 403 cm³/mol. The summed E-state index contributed by atoms with van der Waals surface area (Å²) in [5.74, 6) is 0.619. The zero-order valence-corrected chi connectivity index (χ0v) is 63.3. The van der Waals surface area contributed by atoms with Crippen LogP contribution in [-0.2, 0) is 9.53 Å². The fourth-order valence-electron chi connectivity index (χ4n) is 8.95. The van der Waals surface area contributed by atoms with Crippen LogP contribution in [0, 0.1) is 17.9 Å². The van der Waals surface area contributed by atoms with Crippen molar-refractivity contribution >= 4 is 162 Å². The first-order valence-electron chi connectivity index (χ1n) is 30.7. The quantitative estimate of drug-likeness (QED) is 0.0245. The van der Waals surface area contributed by atoms with E-state index >= 15 is 0 Å². The second-order valence-electron chi connectivity index (χ2n) is 22.8. The standard InChI is InChI=1S/C19H17Cl2N9O4.C17H11Cl2N9O3.C13H12Cl3N3O.C13H12Cl2N6O.CH4/c1-4-33-19(32)23-18(31)14(8-22)25-24-10-5-12(20)16(13(21)6-10)34-15-7-11(9(2)3)17-26-28-29-30(17)27-15;1-7(2)9-6-12(23-28-15(9)22-25-26-28)31-13-10(18)4-8(5-11(13)19)27-17(30)21-16(29)14(20-3)24-27;1-6(2)8-5-11(18-19-13(8)16)20-12-9(14)3-7(17)4-10(12)15;1-6(2)8-5-11(18-21-13(8)17-19-20-21)22-12-9(14)3-7(16)4-10(12)15;/h5-7,9,24H,4H2,1-3H3,(H,23,31,32);4-7H,1-2H3,(H,21,29,30);3-6H,17H2,1-2H3;3-6H,16H2,1-2H3;1H4/b25-14+;;;;. The van der Waals surface area contributed by atoms with Crippen LogP contribution < -0.4 is 52.4 Å². The Hall–Kier alpha value is -11.2. The van der Waals surface area contributed by atoms with Crippen LogP contribution in [0.25, 0.3) is 27.5 Å². The number of hydrogen-bond donors (Lipinski definition) is 5. The normalized spacial score (nSPS) is 11.1. The lowest BCUT2D eigenvalue weighted by atomic mass is 10.1. The molecule has 0 saturated heterocycles. The van der Waals surface area contributed by atoms with E-state index < -0.39 is 34.8 Å². The third-order valence-corrected chi connectivity index (χ3v) is 16.5. The molecule has 36 nitrogen and oxygen atoms in total. The van der Waals surface area contributed by atoms with E-state index in [-0.39, 0.29) is 116 Å². The highest BCUT2D eigenvalue weighted by molar-refractivity contribution is 6.47. The summed E-state index contributed by atoms with van der Waals surface area (Å²) in [7, 11) is 0. The van der Waals surface area contributed by atoms with Gasteiger partial charge in [0.05, 0.1) is 58.2 Å². The van der Waals surface area contributed by atoms with Gasteiger partial charge in [0, 0.05) is 52.3 Å². The van der Waals surface area contributed by atoms with Crippen molar-refractivity contribution in [1.82, 2.24) is 106 Å². The number of H-pyrrole nitrogens is 1. The van der Waals surface area contributed by atoms with Crippen molar-refractivity contribution in [2.75, 3.05) is 23.5 Å². The Morgan fingerprint density at radius 2 is 0.926 bits per heavy atom. The molecule has 45 heteroatoms. The maximum Gasteiger partial charge on any atom is 0.414 e. The van der Waals surface area contributed by atoms with Crippen molar-refractivity contribution in [2.24, 2.45) is 5.10 Å². The minimum Gasteiger partial charge on any atom is -0.450 e. The molecule has 0 radical (unpaired) electrons. The van der Waals surface area contributed by atoms with Gasteiger partial charge in [-0.15, -0.1) is 59.4 Å². The monoisotopic (exact) mass is 1650 g/mol. The Morgan fingerprint density at radius 1 is 0.556 bits per heavy atom. The zero-order chi connectivity index (χ0) is 77.8. The summed E-state index contributed by atoms with van der Waals surface area (Å²) in [5, 5.41) is 74.6. The van der Waals surface area contributed by atoms with E-state index in [2.05, 4.69) is 97.3 Å². The number of hydrazone groups is 1. The van der Waals surface area contributed by atoms with E-state index in [0.717, 1.165) is 26.9 Å². The number of nitrogens with zero attached hydrogens (tertiary/aromatic N) is 22. The molecule has 8 heterocycles. The Morgan fingerprint density at radius 3 is 1.30 bits per heavy atom. The summed E-state index contributed by atoms with van der Waals surface area (Å²) in [4.78, 5) is 51.9. The van der Waals surface area contributed by atoms with Gasteiger partial charge < -0.3 is 40.0 Å². The van der Waals surface area contributed by atoms with Gasteiger partial charge in [0.25, 0.3) is 11.5 Å². The molecule has 0 aliphatic rings. The molecule has 8 aromatic heterocycles. The van der Waals surface area contributed by atoms with Gasteiger partial charge in [-0.25, -0.2) is 9.59 Å². The van der Waals surface area contributed by atoms with Crippen molar-refractivity contribution in [3.05, 3.63) is 173 Å². The number of carbonyl (C=O) groups excluding carboxylic acids is 2. The molecule has 0 atom stereocenters. The first-order valence-corrected chi connectivity index (χ1v) is 34.1. The number of fused-ring (bicyclic) bond motifs is 3. The molecule has 560 valence electrons. The molecule has 4 aromatic carbocycles. The lowest BCUT2D eigenvalue weighted by Crippen LogP contribution is -2.36. The van der Waals surface area contributed by atoms with E-state index in [0.29, 0.717) is 53.6 Å². The maximum atomic E-state index is 12.1. The number of alkyl carbamates (subject to hydrolysis) is 1.